The first kappa shape index (κ1) is 15.2. The Morgan fingerprint density at radius 3 is 2.73 bits per heavy atom. The van der Waals surface area contributed by atoms with Gasteiger partial charge in [0.25, 0.3) is 10.0 Å². The van der Waals surface area contributed by atoms with Gasteiger partial charge in [-0.2, -0.15) is 0 Å². The van der Waals surface area contributed by atoms with E-state index in [-0.39, 0.29) is 10.6 Å². The molecule has 1 heterocycles. The van der Waals surface area contributed by atoms with Crippen molar-refractivity contribution in [2.24, 2.45) is 0 Å². The van der Waals surface area contributed by atoms with Crippen LogP contribution in [-0.2, 0) is 22.9 Å². The Balaban J connectivity index is 1.76. The molecule has 5 nitrogen and oxygen atoms in total. The van der Waals surface area contributed by atoms with Crippen molar-refractivity contribution in [1.82, 2.24) is 14.7 Å². The zero-order valence-electron chi connectivity index (χ0n) is 12.9. The largest absolute Gasteiger partial charge is 0.332 e. The highest BCUT2D eigenvalue weighted by Gasteiger charge is 2.46. The lowest BCUT2D eigenvalue weighted by molar-refractivity contribution is 0.536. The number of imidazole rings is 1. The molecule has 1 aliphatic rings. The summed E-state index contributed by atoms with van der Waals surface area (Å²) < 4.78 is 27.9. The Labute approximate surface area is 131 Å². The zero-order chi connectivity index (χ0) is 15.8. The molecule has 2 aromatic rings. The van der Waals surface area contributed by atoms with E-state index in [1.807, 2.05) is 32.0 Å². The second kappa shape index (κ2) is 5.52. The van der Waals surface area contributed by atoms with Crippen molar-refractivity contribution in [3.8, 4) is 0 Å². The molecular weight excluding hydrogens is 298 g/mol. The number of aromatic amines is 1. The van der Waals surface area contributed by atoms with Crippen LogP contribution in [-0.4, -0.2) is 23.9 Å². The molecule has 1 saturated carbocycles. The molecule has 0 amide bonds. The minimum Gasteiger partial charge on any atom is -0.332 e. The monoisotopic (exact) mass is 319 g/mol. The Kier molecular flexibility index (Phi) is 3.82. The molecular formula is C16H21N3O2S. The average molecular weight is 319 g/mol. The first-order valence-electron chi connectivity index (χ1n) is 7.56. The zero-order valence-corrected chi connectivity index (χ0v) is 13.7. The van der Waals surface area contributed by atoms with E-state index in [2.05, 4.69) is 20.8 Å². The Bertz CT molecular complexity index is 776. The molecule has 1 aliphatic carbocycles. The second-order valence-electron chi connectivity index (χ2n) is 6.10. The Morgan fingerprint density at radius 1 is 1.36 bits per heavy atom. The van der Waals surface area contributed by atoms with Crippen LogP contribution in [0.5, 0.6) is 0 Å². The molecule has 1 fully saturated rings. The van der Waals surface area contributed by atoms with Crippen LogP contribution in [0.3, 0.4) is 0 Å². The minimum absolute atomic E-state index is 0.153. The lowest BCUT2D eigenvalue weighted by Crippen LogP contribution is -2.38. The van der Waals surface area contributed by atoms with Gasteiger partial charge in [-0.25, -0.2) is 18.1 Å². The maximum atomic E-state index is 12.5. The van der Waals surface area contributed by atoms with Crippen LogP contribution in [0, 0.1) is 6.92 Å². The number of H-pyrrole nitrogens is 1. The number of nitrogens with one attached hydrogen (secondary N) is 2. The van der Waals surface area contributed by atoms with Crippen molar-refractivity contribution in [1.29, 1.82) is 0 Å². The van der Waals surface area contributed by atoms with Crippen molar-refractivity contribution in [3.05, 3.63) is 47.4 Å². The van der Waals surface area contributed by atoms with E-state index in [1.165, 1.54) is 17.3 Å². The predicted molar refractivity (Wildman–Crippen MR) is 85.1 cm³/mol. The molecule has 1 aromatic carbocycles. The van der Waals surface area contributed by atoms with Gasteiger partial charge in [-0.15, -0.1) is 0 Å². The van der Waals surface area contributed by atoms with Crippen LogP contribution >= 0.6 is 0 Å². The number of benzene rings is 1. The third-order valence-corrected chi connectivity index (χ3v) is 5.55. The molecule has 0 aliphatic heterocycles. The van der Waals surface area contributed by atoms with Gasteiger partial charge < -0.3 is 4.98 Å². The fourth-order valence-electron chi connectivity index (χ4n) is 2.68. The Morgan fingerprint density at radius 2 is 2.14 bits per heavy atom. The third-order valence-electron chi connectivity index (χ3n) is 4.06. The van der Waals surface area contributed by atoms with Crippen molar-refractivity contribution in [2.75, 3.05) is 0 Å². The topological polar surface area (TPSA) is 74.8 Å². The fourth-order valence-corrected chi connectivity index (χ4v) is 4.08. The summed E-state index contributed by atoms with van der Waals surface area (Å²) in [5.41, 5.74) is 2.01. The van der Waals surface area contributed by atoms with Gasteiger partial charge >= 0.3 is 0 Å². The summed E-state index contributed by atoms with van der Waals surface area (Å²) in [7, 11) is -3.54. The molecule has 2 N–H and O–H groups in total. The number of hydrogen-bond donors (Lipinski definition) is 2. The lowest BCUT2D eigenvalue weighted by atomic mass is 10.0. The number of aromatic nitrogens is 2. The minimum atomic E-state index is -3.54. The summed E-state index contributed by atoms with van der Waals surface area (Å²) in [6.07, 6.45) is 4.54. The number of rotatable bonds is 6. The maximum absolute atomic E-state index is 12.5. The van der Waals surface area contributed by atoms with Crippen LogP contribution < -0.4 is 4.72 Å². The molecule has 0 atom stereocenters. The van der Waals surface area contributed by atoms with Crippen molar-refractivity contribution in [3.63, 3.8) is 0 Å². The summed E-state index contributed by atoms with van der Waals surface area (Å²) in [6.45, 7) is 3.98. The van der Waals surface area contributed by atoms with E-state index >= 15 is 0 Å². The van der Waals surface area contributed by atoms with E-state index in [9.17, 15) is 8.42 Å². The van der Waals surface area contributed by atoms with Crippen LogP contribution in [0.25, 0.3) is 0 Å². The van der Waals surface area contributed by atoms with Gasteiger partial charge in [-0.1, -0.05) is 36.8 Å². The maximum Gasteiger partial charge on any atom is 0.258 e. The van der Waals surface area contributed by atoms with E-state index in [1.54, 1.807) is 0 Å². The molecule has 6 heteroatoms. The highest BCUT2D eigenvalue weighted by Crippen LogP contribution is 2.40. The van der Waals surface area contributed by atoms with Crippen molar-refractivity contribution in [2.45, 2.75) is 50.1 Å². The van der Waals surface area contributed by atoms with E-state index < -0.39 is 10.0 Å². The third kappa shape index (κ3) is 3.23. The van der Waals surface area contributed by atoms with E-state index in [0.717, 1.165) is 19.3 Å². The quantitative estimate of drug-likeness (QED) is 0.858. The number of sulfonamides is 1. The highest BCUT2D eigenvalue weighted by atomic mass is 32.2. The van der Waals surface area contributed by atoms with Gasteiger partial charge in [-0.05, 0) is 31.7 Å². The smallest absolute Gasteiger partial charge is 0.258 e. The summed E-state index contributed by atoms with van der Waals surface area (Å²) in [5.74, 6) is 0.684. The molecule has 0 bridgehead atoms. The molecule has 0 radical (unpaired) electrons. The summed E-state index contributed by atoms with van der Waals surface area (Å²) >= 11 is 0. The van der Waals surface area contributed by atoms with Crippen LogP contribution in [0.1, 0.15) is 36.7 Å². The molecule has 0 saturated heterocycles. The SMILES string of the molecule is CCc1ncc(S(=O)(=O)NC2(Cc3cccc(C)c3)CC2)[nH]1. The van der Waals surface area contributed by atoms with E-state index in [4.69, 9.17) is 0 Å². The average Bonchev–Trinajstić information content (AvgIpc) is 3.02. The molecule has 22 heavy (non-hydrogen) atoms. The summed E-state index contributed by atoms with van der Waals surface area (Å²) in [4.78, 5) is 6.94. The van der Waals surface area contributed by atoms with Gasteiger partial charge in [0.2, 0.25) is 0 Å². The number of nitrogens with zero attached hydrogens (tertiary/aromatic N) is 1. The molecule has 0 spiro atoms. The highest BCUT2D eigenvalue weighted by molar-refractivity contribution is 7.89. The number of aryl methyl sites for hydroxylation is 2. The Hall–Kier alpha value is -1.66. The van der Waals surface area contributed by atoms with E-state index in [0.29, 0.717) is 12.2 Å². The summed E-state index contributed by atoms with van der Waals surface area (Å²) in [5, 5.41) is 0.153. The molecule has 118 valence electrons. The van der Waals surface area contributed by atoms with Crippen LogP contribution in [0.4, 0.5) is 0 Å². The molecule has 1 aromatic heterocycles. The molecule has 0 unspecified atom stereocenters. The number of hydrogen-bond acceptors (Lipinski definition) is 3. The second-order valence-corrected chi connectivity index (χ2v) is 7.75. The first-order valence-corrected chi connectivity index (χ1v) is 9.04. The van der Waals surface area contributed by atoms with Crippen molar-refractivity contribution < 1.29 is 8.42 Å². The van der Waals surface area contributed by atoms with Gasteiger partial charge in [-0.3, -0.25) is 0 Å². The van der Waals surface area contributed by atoms with Gasteiger partial charge in [0, 0.05) is 12.0 Å². The van der Waals surface area contributed by atoms with Gasteiger partial charge in [0.15, 0.2) is 5.03 Å². The van der Waals surface area contributed by atoms with Gasteiger partial charge in [0.05, 0.1) is 6.20 Å². The van der Waals surface area contributed by atoms with Crippen molar-refractivity contribution >= 4 is 10.0 Å². The fraction of sp³-hybridized carbons (Fsp3) is 0.438. The normalized spacial score (nSPS) is 16.6. The summed E-state index contributed by atoms with van der Waals surface area (Å²) in [6, 6.07) is 8.22. The van der Waals surface area contributed by atoms with Gasteiger partial charge in [0.1, 0.15) is 5.82 Å². The first-order chi connectivity index (χ1) is 10.4. The van der Waals surface area contributed by atoms with Crippen LogP contribution in [0.2, 0.25) is 0 Å². The standard InChI is InChI=1S/C16H21N3O2S/c1-3-14-17-11-15(18-14)22(20,21)19-16(7-8-16)10-13-6-4-5-12(2)9-13/h4-6,9,11,19H,3,7-8,10H2,1-2H3,(H,17,18). The van der Waals surface area contributed by atoms with Crippen LogP contribution in [0.15, 0.2) is 35.5 Å². The predicted octanol–water partition coefficient (Wildman–Crippen LogP) is 2.33. The lowest BCUT2D eigenvalue weighted by Gasteiger charge is -2.17. The molecule has 3 rings (SSSR count).